The molecule has 0 aliphatic heterocycles. The Labute approximate surface area is 190 Å². The molecule has 1 aromatic heterocycles. The van der Waals surface area contributed by atoms with Crippen molar-refractivity contribution in [1.29, 1.82) is 0 Å². The first kappa shape index (κ1) is 24.6. The van der Waals surface area contributed by atoms with Crippen molar-refractivity contribution in [2.45, 2.75) is 102 Å². The van der Waals surface area contributed by atoms with Crippen LogP contribution in [-0.4, -0.2) is 50.2 Å². The van der Waals surface area contributed by atoms with Crippen LogP contribution in [0, 0.1) is 0 Å². The van der Waals surface area contributed by atoms with E-state index in [-0.39, 0.29) is 29.3 Å². The molecule has 1 heterocycles. The Morgan fingerprint density at radius 3 is 2.45 bits per heavy atom. The Morgan fingerprint density at radius 2 is 1.87 bits per heavy atom. The van der Waals surface area contributed by atoms with E-state index >= 15 is 0 Å². The van der Waals surface area contributed by atoms with Gasteiger partial charge in [-0.15, -0.1) is 0 Å². The van der Waals surface area contributed by atoms with Crippen LogP contribution in [0.25, 0.3) is 0 Å². The first-order valence-electron chi connectivity index (χ1n) is 11.5. The molecule has 3 rings (SSSR count). The van der Waals surface area contributed by atoms with Crippen LogP contribution >= 0.6 is 0 Å². The van der Waals surface area contributed by atoms with Crippen LogP contribution in [0.1, 0.15) is 55.6 Å². The number of hydrogen-bond acceptors (Lipinski definition) is 4. The van der Waals surface area contributed by atoms with E-state index in [1.807, 2.05) is 16.8 Å². The SMILES string of the molecule is C=C1[C@H]2C[C@@](O)(C[C@H]1O[Si](C)(C)C(C)(C)C)C(=O)c1c2ccn1COCC[Si](C)(C)C. The molecule has 0 spiro atoms. The highest BCUT2D eigenvalue weighted by molar-refractivity contribution is 6.76. The fraction of sp³-hybridized carbons (Fsp3) is 0.708. The number of hydrogen-bond donors (Lipinski definition) is 1. The van der Waals surface area contributed by atoms with Crippen LogP contribution < -0.4 is 0 Å². The van der Waals surface area contributed by atoms with E-state index in [1.165, 1.54) is 0 Å². The van der Waals surface area contributed by atoms with Gasteiger partial charge in [0.1, 0.15) is 12.3 Å². The maximum atomic E-state index is 13.4. The zero-order valence-corrected chi connectivity index (χ0v) is 22.7. The lowest BCUT2D eigenvalue weighted by Gasteiger charge is -2.48. The van der Waals surface area contributed by atoms with Crippen LogP contribution in [-0.2, 0) is 15.9 Å². The van der Waals surface area contributed by atoms with Crippen molar-refractivity contribution in [3.05, 3.63) is 35.7 Å². The number of aromatic nitrogens is 1. The molecule has 1 fully saturated rings. The molecule has 1 aromatic rings. The van der Waals surface area contributed by atoms with Gasteiger partial charge in [0.15, 0.2) is 8.32 Å². The maximum Gasteiger partial charge on any atom is 0.211 e. The number of ether oxygens (including phenoxy) is 1. The van der Waals surface area contributed by atoms with Gasteiger partial charge < -0.3 is 18.8 Å². The Bertz CT molecular complexity index is 862. The monoisotopic (exact) mass is 463 g/mol. The zero-order chi connectivity index (χ0) is 23.4. The van der Waals surface area contributed by atoms with Crippen molar-refractivity contribution < 1.29 is 19.1 Å². The van der Waals surface area contributed by atoms with Crippen molar-refractivity contribution in [2.24, 2.45) is 0 Å². The van der Waals surface area contributed by atoms with Gasteiger partial charge in [-0.05, 0) is 47.8 Å². The predicted octanol–water partition coefficient (Wildman–Crippen LogP) is 5.55. The van der Waals surface area contributed by atoms with E-state index < -0.39 is 22.0 Å². The number of aliphatic hydroxyl groups is 1. The van der Waals surface area contributed by atoms with Gasteiger partial charge in [0.25, 0.3) is 0 Å². The highest BCUT2D eigenvalue weighted by Crippen LogP contribution is 2.51. The maximum absolute atomic E-state index is 13.4. The van der Waals surface area contributed by atoms with Crippen LogP contribution in [0.4, 0.5) is 0 Å². The van der Waals surface area contributed by atoms with Crippen molar-refractivity contribution in [3.8, 4) is 0 Å². The molecule has 2 bridgehead atoms. The van der Waals surface area contributed by atoms with E-state index in [9.17, 15) is 9.90 Å². The molecule has 0 saturated heterocycles. The van der Waals surface area contributed by atoms with Gasteiger partial charge in [-0.1, -0.05) is 47.0 Å². The molecular weight excluding hydrogens is 422 g/mol. The number of carbonyl (C=O) groups excluding carboxylic acids is 1. The van der Waals surface area contributed by atoms with Gasteiger partial charge in [0.2, 0.25) is 5.78 Å². The molecule has 2 aliphatic rings. The molecular formula is C24H41NO4Si2. The third-order valence-corrected chi connectivity index (χ3v) is 13.6. The number of fused-ring (bicyclic) bond motifs is 4. The molecule has 0 amide bonds. The Balaban J connectivity index is 1.83. The van der Waals surface area contributed by atoms with Crippen LogP contribution in [0.15, 0.2) is 24.4 Å². The molecule has 31 heavy (non-hydrogen) atoms. The Kier molecular flexibility index (Phi) is 6.44. The fourth-order valence-corrected chi connectivity index (χ4v) is 6.32. The highest BCUT2D eigenvalue weighted by Gasteiger charge is 2.54. The van der Waals surface area contributed by atoms with Crippen LogP contribution in [0.3, 0.4) is 0 Å². The second kappa shape index (κ2) is 8.10. The van der Waals surface area contributed by atoms with Crippen molar-refractivity contribution >= 4 is 22.2 Å². The number of Topliss-reactive ketones (excluding diaryl/α,β-unsaturated/α-hetero) is 1. The summed E-state index contributed by atoms with van der Waals surface area (Å²) >= 11 is 0. The predicted molar refractivity (Wildman–Crippen MR) is 131 cm³/mol. The van der Waals surface area contributed by atoms with Crippen LogP contribution in [0.5, 0.6) is 0 Å². The highest BCUT2D eigenvalue weighted by atomic mass is 28.4. The number of carbonyl (C=O) groups is 1. The van der Waals surface area contributed by atoms with Gasteiger partial charge in [-0.25, -0.2) is 0 Å². The summed E-state index contributed by atoms with van der Waals surface area (Å²) in [5.41, 5.74) is 1.12. The van der Waals surface area contributed by atoms with Crippen molar-refractivity contribution in [2.75, 3.05) is 6.61 Å². The normalized spacial score (nSPS) is 26.9. The average Bonchev–Trinajstić information content (AvgIpc) is 3.02. The molecule has 2 aliphatic carbocycles. The molecule has 174 valence electrons. The zero-order valence-electron chi connectivity index (χ0n) is 20.7. The molecule has 7 heteroatoms. The van der Waals surface area contributed by atoms with Crippen molar-refractivity contribution in [3.63, 3.8) is 0 Å². The smallest absolute Gasteiger partial charge is 0.211 e. The van der Waals surface area contributed by atoms with Gasteiger partial charge in [-0.3, -0.25) is 4.79 Å². The Hall–Kier alpha value is -0.996. The second-order valence-electron chi connectivity index (χ2n) is 12.2. The van der Waals surface area contributed by atoms with Gasteiger partial charge >= 0.3 is 0 Å². The molecule has 1 saturated carbocycles. The third-order valence-electron chi connectivity index (χ3n) is 7.40. The molecule has 5 nitrogen and oxygen atoms in total. The lowest BCUT2D eigenvalue weighted by Crippen LogP contribution is -2.55. The molecule has 1 N–H and O–H groups in total. The fourth-order valence-electron chi connectivity index (χ4n) is 4.26. The van der Waals surface area contributed by atoms with Gasteiger partial charge in [0.05, 0.1) is 11.8 Å². The summed E-state index contributed by atoms with van der Waals surface area (Å²) in [6.07, 6.45) is 2.31. The van der Waals surface area contributed by atoms with Crippen molar-refractivity contribution in [1.82, 2.24) is 4.57 Å². The van der Waals surface area contributed by atoms with Crippen LogP contribution in [0.2, 0.25) is 43.8 Å². The second-order valence-corrected chi connectivity index (χ2v) is 22.6. The number of nitrogens with zero attached hydrogens (tertiary/aromatic N) is 1. The first-order chi connectivity index (χ1) is 14.1. The summed E-state index contributed by atoms with van der Waals surface area (Å²) in [7, 11) is -3.23. The summed E-state index contributed by atoms with van der Waals surface area (Å²) < 4.78 is 14.4. The Morgan fingerprint density at radius 1 is 1.23 bits per heavy atom. The van der Waals surface area contributed by atoms with E-state index in [4.69, 9.17) is 9.16 Å². The van der Waals surface area contributed by atoms with E-state index in [0.717, 1.165) is 17.2 Å². The summed E-state index contributed by atoms with van der Waals surface area (Å²) in [5.74, 6) is -0.265. The summed E-state index contributed by atoms with van der Waals surface area (Å²) in [5, 5.41) is 11.5. The molecule has 3 atom stereocenters. The lowest BCUT2D eigenvalue weighted by atomic mass is 9.65. The summed E-state index contributed by atoms with van der Waals surface area (Å²) in [4.78, 5) is 13.4. The minimum atomic E-state index is -2.07. The molecule has 0 radical (unpaired) electrons. The van der Waals surface area contributed by atoms with Gasteiger partial charge in [-0.2, -0.15) is 0 Å². The van der Waals surface area contributed by atoms with E-state index in [1.54, 1.807) is 0 Å². The van der Waals surface area contributed by atoms with Gasteiger partial charge in [0, 0.05) is 33.2 Å². The van der Waals surface area contributed by atoms with E-state index in [0.29, 0.717) is 25.5 Å². The lowest BCUT2D eigenvalue weighted by molar-refractivity contribution is -0.0179. The first-order valence-corrected chi connectivity index (χ1v) is 18.1. The summed E-state index contributed by atoms with van der Waals surface area (Å²) in [6.45, 7) is 23.4. The standard InChI is InChI=1S/C24H41NO4Si2/c1-17-19-14-24(27,15-20(17)29-31(8,9)23(2,3)4)22(26)21-18(19)10-11-25(21)16-28-12-13-30(5,6)7/h10-11,19-20,27H,1,12-16H2,2-9H3/t19-,20-,24-/m1/s1. The third kappa shape index (κ3) is 4.85. The molecule has 0 aromatic carbocycles. The largest absolute Gasteiger partial charge is 0.410 e. The summed E-state index contributed by atoms with van der Waals surface area (Å²) in [6, 6.07) is 3.08. The quantitative estimate of drug-likeness (QED) is 0.327. The topological polar surface area (TPSA) is 60.7 Å². The average molecular weight is 464 g/mol. The number of rotatable bonds is 7. The van der Waals surface area contributed by atoms with E-state index in [2.05, 4.69) is 60.1 Å². The number of ketones is 1. The minimum Gasteiger partial charge on any atom is -0.410 e. The minimum absolute atomic E-state index is 0.0498. The molecule has 0 unspecified atom stereocenters.